The Labute approximate surface area is 118 Å². The summed E-state index contributed by atoms with van der Waals surface area (Å²) in [5, 5.41) is 0. The van der Waals surface area contributed by atoms with E-state index in [9.17, 15) is 22.0 Å². The Kier molecular flexibility index (Phi) is 4.00. The van der Waals surface area contributed by atoms with E-state index in [1.807, 2.05) is 0 Å². The van der Waals surface area contributed by atoms with Crippen molar-refractivity contribution in [3.8, 4) is 0 Å². The third kappa shape index (κ3) is 3.39. The molecule has 0 saturated carbocycles. The first kappa shape index (κ1) is 15.4. The third-order valence-corrected chi connectivity index (χ3v) is 3.08. The average molecular weight is 301 g/mol. The van der Waals surface area contributed by atoms with E-state index in [0.717, 1.165) is 12.1 Å². The van der Waals surface area contributed by atoms with Gasteiger partial charge in [0.1, 0.15) is 11.6 Å². The van der Waals surface area contributed by atoms with Gasteiger partial charge in [0.2, 0.25) is 0 Å². The maximum atomic E-state index is 13.3. The predicted molar refractivity (Wildman–Crippen MR) is 68.6 cm³/mol. The van der Waals surface area contributed by atoms with E-state index < -0.39 is 29.4 Å². The lowest BCUT2D eigenvalue weighted by molar-refractivity contribution is -0.140. The number of aryl methyl sites for hydroxylation is 1. The van der Waals surface area contributed by atoms with Crippen LogP contribution in [0, 0.1) is 18.6 Å². The van der Waals surface area contributed by atoms with E-state index in [-0.39, 0.29) is 5.56 Å². The summed E-state index contributed by atoms with van der Waals surface area (Å²) in [6.07, 6.45) is -4.81. The number of benzene rings is 2. The minimum atomic E-state index is -4.81. The lowest BCUT2D eigenvalue weighted by atomic mass is 9.96. The standard InChI is InChI=1S/C15H12F5N/c1-8-4-10(6-11(16)5-8)14(21)9-2-3-13(17)12(7-9)15(18,19)20/h2-7,14H,21H2,1H3. The summed E-state index contributed by atoms with van der Waals surface area (Å²) >= 11 is 0. The Morgan fingerprint density at radius 2 is 1.62 bits per heavy atom. The minimum Gasteiger partial charge on any atom is -0.320 e. The van der Waals surface area contributed by atoms with Crippen LogP contribution in [0.25, 0.3) is 0 Å². The van der Waals surface area contributed by atoms with Crippen molar-refractivity contribution in [3.63, 3.8) is 0 Å². The molecular weight excluding hydrogens is 289 g/mol. The lowest BCUT2D eigenvalue weighted by Crippen LogP contribution is -2.15. The molecule has 112 valence electrons. The van der Waals surface area contributed by atoms with Gasteiger partial charge in [0.05, 0.1) is 11.6 Å². The molecule has 2 aromatic rings. The molecule has 21 heavy (non-hydrogen) atoms. The summed E-state index contributed by atoms with van der Waals surface area (Å²) in [5.74, 6) is -1.90. The Morgan fingerprint density at radius 3 is 2.19 bits per heavy atom. The molecule has 2 N–H and O–H groups in total. The number of hydrogen-bond acceptors (Lipinski definition) is 1. The molecule has 0 spiro atoms. The van der Waals surface area contributed by atoms with Crippen LogP contribution in [0.4, 0.5) is 22.0 Å². The monoisotopic (exact) mass is 301 g/mol. The van der Waals surface area contributed by atoms with E-state index in [0.29, 0.717) is 23.3 Å². The smallest absolute Gasteiger partial charge is 0.320 e. The van der Waals surface area contributed by atoms with E-state index in [2.05, 4.69) is 0 Å². The molecule has 0 heterocycles. The number of halogens is 5. The highest BCUT2D eigenvalue weighted by molar-refractivity contribution is 5.37. The van der Waals surface area contributed by atoms with Crippen LogP contribution in [0.5, 0.6) is 0 Å². The van der Waals surface area contributed by atoms with Crippen LogP contribution < -0.4 is 5.73 Å². The highest BCUT2D eigenvalue weighted by Crippen LogP contribution is 2.33. The van der Waals surface area contributed by atoms with Gasteiger partial charge >= 0.3 is 6.18 Å². The number of hydrogen-bond donors (Lipinski definition) is 1. The number of nitrogens with two attached hydrogens (primary N) is 1. The molecule has 0 radical (unpaired) electrons. The molecule has 1 nitrogen and oxygen atoms in total. The van der Waals surface area contributed by atoms with Crippen molar-refractivity contribution in [2.75, 3.05) is 0 Å². The first-order valence-corrected chi connectivity index (χ1v) is 6.08. The van der Waals surface area contributed by atoms with Gasteiger partial charge < -0.3 is 5.73 Å². The molecule has 0 aromatic heterocycles. The molecule has 0 amide bonds. The van der Waals surface area contributed by atoms with E-state index in [1.165, 1.54) is 6.07 Å². The van der Waals surface area contributed by atoms with Gasteiger partial charge in [-0.05, 0) is 47.9 Å². The van der Waals surface area contributed by atoms with E-state index in [4.69, 9.17) is 5.73 Å². The fourth-order valence-corrected chi connectivity index (χ4v) is 2.09. The maximum absolute atomic E-state index is 13.3. The van der Waals surface area contributed by atoms with Gasteiger partial charge in [-0.2, -0.15) is 13.2 Å². The Morgan fingerprint density at radius 1 is 0.952 bits per heavy atom. The second-order valence-electron chi connectivity index (χ2n) is 4.78. The Bertz CT molecular complexity index is 643. The first-order chi connectivity index (χ1) is 9.68. The van der Waals surface area contributed by atoms with Crippen LogP contribution in [0.1, 0.15) is 28.3 Å². The minimum absolute atomic E-state index is 0.0636. The normalized spacial score (nSPS) is 13.3. The molecule has 6 heteroatoms. The number of alkyl halides is 3. The molecule has 0 aliphatic heterocycles. The maximum Gasteiger partial charge on any atom is 0.419 e. The summed E-state index contributed by atoms with van der Waals surface area (Å²) in [4.78, 5) is 0. The topological polar surface area (TPSA) is 26.0 Å². The van der Waals surface area contributed by atoms with Crippen LogP contribution >= 0.6 is 0 Å². The van der Waals surface area contributed by atoms with E-state index >= 15 is 0 Å². The summed E-state index contributed by atoms with van der Waals surface area (Å²) in [6, 6.07) is 5.56. The molecule has 1 atom stereocenters. The predicted octanol–water partition coefficient (Wildman–Crippen LogP) is 4.34. The zero-order chi connectivity index (χ0) is 15.8. The van der Waals surface area contributed by atoms with Gasteiger partial charge in [-0.1, -0.05) is 12.1 Å². The summed E-state index contributed by atoms with van der Waals surface area (Å²) in [7, 11) is 0. The second kappa shape index (κ2) is 5.44. The van der Waals surface area contributed by atoms with Crippen LogP contribution in [0.2, 0.25) is 0 Å². The van der Waals surface area contributed by atoms with Crippen molar-refractivity contribution in [3.05, 3.63) is 70.3 Å². The molecule has 0 aliphatic rings. The van der Waals surface area contributed by atoms with Crippen LogP contribution in [0.15, 0.2) is 36.4 Å². The fourth-order valence-electron chi connectivity index (χ4n) is 2.09. The van der Waals surface area contributed by atoms with Gasteiger partial charge in [0, 0.05) is 0 Å². The summed E-state index contributed by atoms with van der Waals surface area (Å²) in [6.45, 7) is 1.64. The number of rotatable bonds is 2. The molecule has 0 bridgehead atoms. The second-order valence-corrected chi connectivity index (χ2v) is 4.78. The van der Waals surface area contributed by atoms with Gasteiger partial charge in [-0.25, -0.2) is 8.78 Å². The van der Waals surface area contributed by atoms with Crippen molar-refractivity contribution in [1.29, 1.82) is 0 Å². The van der Waals surface area contributed by atoms with Gasteiger partial charge in [0.25, 0.3) is 0 Å². The Balaban J connectivity index is 2.46. The Hall–Kier alpha value is -1.95. The molecular formula is C15H12F5N. The molecule has 1 unspecified atom stereocenters. The van der Waals surface area contributed by atoms with Crippen LogP contribution in [-0.2, 0) is 6.18 Å². The zero-order valence-corrected chi connectivity index (χ0v) is 11.0. The van der Waals surface area contributed by atoms with E-state index in [1.54, 1.807) is 13.0 Å². The van der Waals surface area contributed by atoms with Crippen molar-refractivity contribution < 1.29 is 22.0 Å². The van der Waals surface area contributed by atoms with Crippen molar-refractivity contribution >= 4 is 0 Å². The molecule has 0 aliphatic carbocycles. The third-order valence-electron chi connectivity index (χ3n) is 3.08. The quantitative estimate of drug-likeness (QED) is 0.820. The van der Waals surface area contributed by atoms with Crippen molar-refractivity contribution in [2.24, 2.45) is 5.73 Å². The van der Waals surface area contributed by atoms with Gasteiger partial charge in [0.15, 0.2) is 0 Å². The summed E-state index contributed by atoms with van der Waals surface area (Å²) < 4.78 is 64.6. The summed E-state index contributed by atoms with van der Waals surface area (Å²) in [5.41, 5.74) is 5.46. The van der Waals surface area contributed by atoms with Crippen molar-refractivity contribution in [2.45, 2.75) is 19.1 Å². The first-order valence-electron chi connectivity index (χ1n) is 6.08. The zero-order valence-electron chi connectivity index (χ0n) is 11.0. The molecule has 2 aromatic carbocycles. The van der Waals surface area contributed by atoms with Crippen molar-refractivity contribution in [1.82, 2.24) is 0 Å². The highest BCUT2D eigenvalue weighted by atomic mass is 19.4. The highest BCUT2D eigenvalue weighted by Gasteiger charge is 2.34. The average Bonchev–Trinajstić information content (AvgIpc) is 2.36. The SMILES string of the molecule is Cc1cc(F)cc(C(N)c2ccc(F)c(C(F)(F)F)c2)c1. The van der Waals surface area contributed by atoms with Gasteiger partial charge in [-0.15, -0.1) is 0 Å². The molecule has 2 rings (SSSR count). The lowest BCUT2D eigenvalue weighted by Gasteiger charge is -2.16. The van der Waals surface area contributed by atoms with Crippen LogP contribution in [-0.4, -0.2) is 0 Å². The van der Waals surface area contributed by atoms with Crippen LogP contribution in [0.3, 0.4) is 0 Å². The molecule has 0 saturated heterocycles. The fraction of sp³-hybridized carbons (Fsp3) is 0.200. The molecule has 0 fully saturated rings. The largest absolute Gasteiger partial charge is 0.419 e. The van der Waals surface area contributed by atoms with Gasteiger partial charge in [-0.3, -0.25) is 0 Å².